The van der Waals surface area contributed by atoms with Crippen LogP contribution in [-0.4, -0.2) is 23.2 Å². The summed E-state index contributed by atoms with van der Waals surface area (Å²) < 4.78 is 6.30. The van der Waals surface area contributed by atoms with Crippen molar-refractivity contribution in [3.8, 4) is 5.75 Å². The highest BCUT2D eigenvalue weighted by molar-refractivity contribution is 5.73. The lowest BCUT2D eigenvalue weighted by Crippen LogP contribution is -2.50. The Morgan fingerprint density at radius 2 is 1.95 bits per heavy atom. The van der Waals surface area contributed by atoms with Gasteiger partial charge in [0.25, 0.3) is 0 Å². The number of aromatic hydroxyl groups is 1. The summed E-state index contributed by atoms with van der Waals surface area (Å²) in [7, 11) is 0. The Labute approximate surface area is 125 Å². The minimum atomic E-state index is 0.00167. The highest BCUT2D eigenvalue weighted by atomic mass is 16.5. The van der Waals surface area contributed by atoms with Crippen LogP contribution in [-0.2, 0) is 9.53 Å². The molecule has 3 rings (SSSR count). The normalized spacial score (nSPS) is 32.2. The molecule has 1 saturated heterocycles. The maximum Gasteiger partial charge on any atom is 0.217 e. The lowest BCUT2D eigenvalue weighted by atomic mass is 9.76. The third kappa shape index (κ3) is 3.21. The van der Waals surface area contributed by atoms with E-state index in [1.54, 1.807) is 19.1 Å². The van der Waals surface area contributed by atoms with Gasteiger partial charge in [-0.25, -0.2) is 0 Å². The van der Waals surface area contributed by atoms with Crippen LogP contribution in [0.1, 0.15) is 50.7 Å². The fourth-order valence-electron chi connectivity index (χ4n) is 3.76. The second-order valence-corrected chi connectivity index (χ2v) is 6.25. The number of amides is 1. The maximum atomic E-state index is 11.5. The zero-order chi connectivity index (χ0) is 14.8. The summed E-state index contributed by atoms with van der Waals surface area (Å²) in [5.74, 6) is 0.746. The van der Waals surface area contributed by atoms with E-state index in [9.17, 15) is 9.90 Å². The molecule has 0 bridgehead atoms. The third-order valence-corrected chi connectivity index (χ3v) is 4.73. The Balaban J connectivity index is 1.79. The molecular weight excluding hydrogens is 266 g/mol. The Morgan fingerprint density at radius 3 is 2.67 bits per heavy atom. The van der Waals surface area contributed by atoms with Gasteiger partial charge in [-0.1, -0.05) is 25.0 Å². The molecule has 0 aromatic heterocycles. The molecule has 21 heavy (non-hydrogen) atoms. The van der Waals surface area contributed by atoms with E-state index >= 15 is 0 Å². The van der Waals surface area contributed by atoms with Crippen molar-refractivity contribution in [1.82, 2.24) is 5.32 Å². The van der Waals surface area contributed by atoms with Crippen LogP contribution in [0.15, 0.2) is 24.3 Å². The Hall–Kier alpha value is -1.55. The van der Waals surface area contributed by atoms with Gasteiger partial charge in [-0.3, -0.25) is 4.79 Å². The van der Waals surface area contributed by atoms with Crippen LogP contribution >= 0.6 is 0 Å². The summed E-state index contributed by atoms with van der Waals surface area (Å²) in [6, 6.07) is 7.40. The van der Waals surface area contributed by atoms with E-state index in [0.29, 0.717) is 5.92 Å². The fraction of sp³-hybridized carbons (Fsp3) is 0.588. The van der Waals surface area contributed by atoms with E-state index < -0.39 is 0 Å². The zero-order valence-electron chi connectivity index (χ0n) is 12.4. The average Bonchev–Trinajstić information content (AvgIpc) is 2.47. The molecule has 1 aliphatic heterocycles. The van der Waals surface area contributed by atoms with Gasteiger partial charge in [0.15, 0.2) is 0 Å². The number of benzene rings is 1. The van der Waals surface area contributed by atoms with Crippen molar-refractivity contribution in [3.05, 3.63) is 29.8 Å². The van der Waals surface area contributed by atoms with Crippen molar-refractivity contribution in [2.45, 2.75) is 57.3 Å². The van der Waals surface area contributed by atoms with Gasteiger partial charge in [0.1, 0.15) is 5.75 Å². The number of carbonyl (C=O) groups is 1. The highest BCUT2D eigenvalue weighted by Gasteiger charge is 2.40. The molecule has 1 heterocycles. The van der Waals surface area contributed by atoms with Crippen LogP contribution < -0.4 is 5.32 Å². The van der Waals surface area contributed by atoms with Crippen LogP contribution in [0.25, 0.3) is 0 Å². The van der Waals surface area contributed by atoms with Crippen molar-refractivity contribution in [1.29, 1.82) is 0 Å². The van der Waals surface area contributed by atoms with E-state index in [1.165, 1.54) is 12.8 Å². The van der Waals surface area contributed by atoms with E-state index in [4.69, 9.17) is 4.74 Å². The van der Waals surface area contributed by atoms with Gasteiger partial charge in [0.2, 0.25) is 5.91 Å². The van der Waals surface area contributed by atoms with Gasteiger partial charge < -0.3 is 15.2 Å². The minimum absolute atomic E-state index is 0.00167. The van der Waals surface area contributed by atoms with Crippen LogP contribution in [0, 0.1) is 5.92 Å². The highest BCUT2D eigenvalue weighted by Crippen LogP contribution is 2.41. The first-order chi connectivity index (χ1) is 10.1. The fourth-order valence-corrected chi connectivity index (χ4v) is 3.76. The van der Waals surface area contributed by atoms with Gasteiger partial charge in [-0.05, 0) is 37.0 Å². The molecule has 2 aliphatic rings. The van der Waals surface area contributed by atoms with E-state index in [1.807, 2.05) is 12.1 Å². The molecule has 1 aromatic rings. The number of fused-ring (bicyclic) bond motifs is 1. The zero-order valence-corrected chi connectivity index (χ0v) is 12.4. The number of nitrogens with one attached hydrogen (secondary N) is 1. The molecule has 0 radical (unpaired) electrons. The standard InChI is InChI=1S/C17H23NO3/c1-11(19)18-15-10-17(12-6-8-13(20)9-7-12)21-16-5-3-2-4-14(15)16/h6-9,14-17,20H,2-5,10H2,1H3,(H,18,19)/t14-,15+,16+,17+/m0/s1. The van der Waals surface area contributed by atoms with Crippen molar-refractivity contribution < 1.29 is 14.6 Å². The Bertz CT molecular complexity index is 499. The largest absolute Gasteiger partial charge is 0.508 e. The lowest BCUT2D eigenvalue weighted by Gasteiger charge is -2.45. The van der Waals surface area contributed by atoms with Gasteiger partial charge in [0, 0.05) is 18.9 Å². The van der Waals surface area contributed by atoms with E-state index in [0.717, 1.165) is 24.8 Å². The molecule has 0 spiro atoms. The number of hydrogen-bond acceptors (Lipinski definition) is 3. The predicted molar refractivity (Wildman–Crippen MR) is 79.9 cm³/mol. The lowest BCUT2D eigenvalue weighted by molar-refractivity contribution is -0.131. The molecule has 0 unspecified atom stereocenters. The van der Waals surface area contributed by atoms with Crippen molar-refractivity contribution in [2.75, 3.05) is 0 Å². The molecule has 1 saturated carbocycles. The second-order valence-electron chi connectivity index (χ2n) is 6.25. The summed E-state index contributed by atoms with van der Waals surface area (Å²) in [5, 5.41) is 12.5. The first-order valence-corrected chi connectivity index (χ1v) is 7.85. The van der Waals surface area contributed by atoms with Gasteiger partial charge in [-0.15, -0.1) is 0 Å². The molecule has 2 N–H and O–H groups in total. The van der Waals surface area contributed by atoms with Gasteiger partial charge >= 0.3 is 0 Å². The summed E-state index contributed by atoms with van der Waals surface area (Å²) in [4.78, 5) is 11.5. The van der Waals surface area contributed by atoms with Crippen LogP contribution in [0.3, 0.4) is 0 Å². The average molecular weight is 289 g/mol. The number of hydrogen-bond donors (Lipinski definition) is 2. The predicted octanol–water partition coefficient (Wildman–Crippen LogP) is 2.92. The second kappa shape index (κ2) is 6.06. The summed E-state index contributed by atoms with van der Waals surface area (Å²) in [6.07, 6.45) is 5.70. The SMILES string of the molecule is CC(=O)N[C@@H]1C[C@H](c2ccc(O)cc2)O[C@@H]2CCCC[C@@H]12. The quantitative estimate of drug-likeness (QED) is 0.880. The molecule has 1 amide bonds. The Morgan fingerprint density at radius 1 is 1.24 bits per heavy atom. The maximum absolute atomic E-state index is 11.5. The van der Waals surface area contributed by atoms with Crippen molar-refractivity contribution in [2.24, 2.45) is 5.92 Å². The summed E-state index contributed by atoms with van der Waals surface area (Å²) >= 11 is 0. The van der Waals surface area contributed by atoms with Crippen LogP contribution in [0.5, 0.6) is 5.75 Å². The van der Waals surface area contributed by atoms with Crippen LogP contribution in [0.2, 0.25) is 0 Å². The molecular formula is C17H23NO3. The molecule has 4 nitrogen and oxygen atoms in total. The number of carbonyl (C=O) groups excluding carboxylic acids is 1. The minimum Gasteiger partial charge on any atom is -0.508 e. The first-order valence-electron chi connectivity index (χ1n) is 7.85. The van der Waals surface area contributed by atoms with Crippen LogP contribution in [0.4, 0.5) is 0 Å². The van der Waals surface area contributed by atoms with E-state index in [2.05, 4.69) is 5.32 Å². The number of phenols is 1. The molecule has 1 aromatic carbocycles. The van der Waals surface area contributed by atoms with Gasteiger partial charge in [-0.2, -0.15) is 0 Å². The van der Waals surface area contributed by atoms with Crippen molar-refractivity contribution >= 4 is 5.91 Å². The number of rotatable bonds is 2. The Kier molecular flexibility index (Phi) is 4.15. The first kappa shape index (κ1) is 14.4. The number of ether oxygens (including phenoxy) is 1. The molecule has 2 fully saturated rings. The summed E-state index contributed by atoms with van der Waals surface area (Å²) in [5.41, 5.74) is 1.08. The molecule has 114 valence electrons. The van der Waals surface area contributed by atoms with Gasteiger partial charge in [0.05, 0.1) is 12.2 Å². The topological polar surface area (TPSA) is 58.6 Å². The monoisotopic (exact) mass is 289 g/mol. The molecule has 4 heteroatoms. The number of phenolic OH excluding ortho intramolecular Hbond substituents is 1. The molecule has 1 aliphatic carbocycles. The summed E-state index contributed by atoms with van der Waals surface area (Å²) in [6.45, 7) is 1.59. The smallest absolute Gasteiger partial charge is 0.217 e. The molecule has 4 atom stereocenters. The third-order valence-electron chi connectivity index (χ3n) is 4.73. The van der Waals surface area contributed by atoms with Crippen molar-refractivity contribution in [3.63, 3.8) is 0 Å². The van der Waals surface area contributed by atoms with E-state index in [-0.39, 0.29) is 29.9 Å².